The molecule has 0 aliphatic heterocycles. The van der Waals surface area contributed by atoms with E-state index in [-0.39, 0.29) is 6.61 Å². The van der Waals surface area contributed by atoms with E-state index in [2.05, 4.69) is 20.9 Å². The van der Waals surface area contributed by atoms with E-state index in [4.69, 9.17) is 9.84 Å². The third-order valence-electron chi connectivity index (χ3n) is 1.99. The minimum absolute atomic E-state index is 0.00309. The fourth-order valence-corrected chi connectivity index (χ4v) is 1.60. The van der Waals surface area contributed by atoms with Crippen molar-refractivity contribution in [1.82, 2.24) is 4.98 Å². The van der Waals surface area contributed by atoms with Crippen LogP contribution in [0.5, 0.6) is 11.6 Å². The minimum atomic E-state index is 0.00309. The highest BCUT2D eigenvalue weighted by molar-refractivity contribution is 9.10. The van der Waals surface area contributed by atoms with E-state index in [9.17, 15) is 0 Å². The Morgan fingerprint density at radius 3 is 2.75 bits per heavy atom. The van der Waals surface area contributed by atoms with Crippen LogP contribution in [0.25, 0.3) is 0 Å². The summed E-state index contributed by atoms with van der Waals surface area (Å²) in [5, 5.41) is 8.99. The molecule has 0 unspecified atom stereocenters. The summed E-state index contributed by atoms with van der Waals surface area (Å²) in [7, 11) is 0. The zero-order valence-corrected chi connectivity index (χ0v) is 10.0. The van der Waals surface area contributed by atoms with Crippen LogP contribution in [0, 0.1) is 0 Å². The molecule has 1 heterocycles. The molecule has 0 aliphatic carbocycles. The van der Waals surface area contributed by atoms with Crippen LogP contribution in [0.15, 0.2) is 47.1 Å². The van der Waals surface area contributed by atoms with Crippen LogP contribution in [0.4, 0.5) is 0 Å². The molecule has 0 saturated carbocycles. The normalized spacial score (nSPS) is 10.1. The topological polar surface area (TPSA) is 42.4 Å². The molecule has 0 saturated heterocycles. The Morgan fingerprint density at radius 2 is 2.00 bits per heavy atom. The summed E-state index contributed by atoms with van der Waals surface area (Å²) in [4.78, 5) is 4.16. The summed E-state index contributed by atoms with van der Waals surface area (Å²) >= 11 is 3.27. The molecular weight excluding hydrogens is 270 g/mol. The second-order valence-corrected chi connectivity index (χ2v) is 4.02. The Labute approximate surface area is 102 Å². The Morgan fingerprint density at radius 1 is 1.19 bits per heavy atom. The van der Waals surface area contributed by atoms with Crippen molar-refractivity contribution in [3.05, 3.63) is 52.6 Å². The number of hydrogen-bond donors (Lipinski definition) is 1. The number of pyridine rings is 1. The Bertz CT molecular complexity index is 488. The molecule has 16 heavy (non-hydrogen) atoms. The highest BCUT2D eigenvalue weighted by Crippen LogP contribution is 2.21. The highest BCUT2D eigenvalue weighted by Gasteiger charge is 2.00. The Kier molecular flexibility index (Phi) is 3.54. The number of aromatic nitrogens is 1. The Balaban J connectivity index is 2.20. The first-order valence-corrected chi connectivity index (χ1v) is 5.57. The maximum Gasteiger partial charge on any atom is 0.220 e. The minimum Gasteiger partial charge on any atom is -0.439 e. The van der Waals surface area contributed by atoms with Gasteiger partial charge in [0.2, 0.25) is 5.88 Å². The molecule has 82 valence electrons. The molecule has 1 N–H and O–H groups in total. The van der Waals surface area contributed by atoms with Crippen molar-refractivity contribution in [3.8, 4) is 11.6 Å². The fourth-order valence-electron chi connectivity index (χ4n) is 1.27. The maximum atomic E-state index is 8.99. The van der Waals surface area contributed by atoms with Gasteiger partial charge in [0.15, 0.2) is 0 Å². The van der Waals surface area contributed by atoms with Crippen molar-refractivity contribution in [2.75, 3.05) is 0 Å². The Hall–Kier alpha value is -1.39. The van der Waals surface area contributed by atoms with Gasteiger partial charge < -0.3 is 9.84 Å². The summed E-state index contributed by atoms with van der Waals surface area (Å²) in [5.74, 6) is 1.18. The lowest BCUT2D eigenvalue weighted by molar-refractivity contribution is 0.281. The molecule has 0 radical (unpaired) electrons. The second-order valence-electron chi connectivity index (χ2n) is 3.21. The number of benzene rings is 1. The van der Waals surface area contributed by atoms with E-state index in [1.807, 2.05) is 30.3 Å². The average Bonchev–Trinajstić information content (AvgIpc) is 2.29. The van der Waals surface area contributed by atoms with Gasteiger partial charge in [0, 0.05) is 6.07 Å². The van der Waals surface area contributed by atoms with Gasteiger partial charge in [-0.2, -0.15) is 0 Å². The third kappa shape index (κ3) is 2.81. The van der Waals surface area contributed by atoms with Crippen molar-refractivity contribution in [2.24, 2.45) is 0 Å². The molecule has 0 bridgehead atoms. The molecule has 1 aromatic heterocycles. The predicted molar refractivity (Wildman–Crippen MR) is 64.4 cm³/mol. The number of halogens is 1. The monoisotopic (exact) mass is 279 g/mol. The lowest BCUT2D eigenvalue weighted by atomic mass is 10.2. The third-order valence-corrected chi connectivity index (χ3v) is 2.43. The number of aliphatic hydroxyl groups is 1. The fraction of sp³-hybridized carbons (Fsp3) is 0.0833. The summed E-state index contributed by atoms with van der Waals surface area (Å²) < 4.78 is 6.27. The van der Waals surface area contributed by atoms with Crippen molar-refractivity contribution in [3.63, 3.8) is 0 Å². The molecular formula is C12H10BrNO2. The van der Waals surface area contributed by atoms with Crippen molar-refractivity contribution < 1.29 is 9.84 Å². The molecule has 2 aromatic rings. The number of hydrogen-bond acceptors (Lipinski definition) is 3. The van der Waals surface area contributed by atoms with Gasteiger partial charge in [-0.05, 0) is 39.7 Å². The molecule has 0 atom stereocenters. The van der Waals surface area contributed by atoms with E-state index in [1.54, 1.807) is 12.1 Å². The van der Waals surface area contributed by atoms with Gasteiger partial charge in [0.25, 0.3) is 0 Å². The van der Waals surface area contributed by atoms with E-state index in [0.717, 1.165) is 10.2 Å². The first-order chi connectivity index (χ1) is 7.78. The van der Waals surface area contributed by atoms with Crippen LogP contribution < -0.4 is 4.74 Å². The summed E-state index contributed by atoms with van der Waals surface area (Å²) in [6.45, 7) is 0.00309. The first kappa shape index (κ1) is 11.1. The molecule has 0 amide bonds. The van der Waals surface area contributed by atoms with Gasteiger partial charge in [-0.1, -0.05) is 18.2 Å². The van der Waals surface area contributed by atoms with E-state index >= 15 is 0 Å². The van der Waals surface area contributed by atoms with Crippen LogP contribution in [0.1, 0.15) is 5.56 Å². The summed E-state index contributed by atoms with van der Waals surface area (Å²) in [6, 6.07) is 12.7. The zero-order chi connectivity index (χ0) is 11.4. The standard InChI is InChI=1S/C12H10BrNO2/c13-11-5-2-6-12(14-11)16-10-4-1-3-9(7-10)8-15/h1-7,15H,8H2. The summed E-state index contributed by atoms with van der Waals surface area (Å²) in [5.41, 5.74) is 0.812. The van der Waals surface area contributed by atoms with Gasteiger partial charge in [-0.15, -0.1) is 0 Å². The lowest BCUT2D eigenvalue weighted by Crippen LogP contribution is -1.89. The van der Waals surface area contributed by atoms with Crippen LogP contribution in [-0.4, -0.2) is 10.1 Å². The van der Waals surface area contributed by atoms with Crippen molar-refractivity contribution in [2.45, 2.75) is 6.61 Å². The number of aliphatic hydroxyl groups excluding tert-OH is 1. The first-order valence-electron chi connectivity index (χ1n) is 4.78. The van der Waals surface area contributed by atoms with Crippen LogP contribution >= 0.6 is 15.9 Å². The predicted octanol–water partition coefficient (Wildman–Crippen LogP) is 3.13. The van der Waals surface area contributed by atoms with Crippen molar-refractivity contribution >= 4 is 15.9 Å². The van der Waals surface area contributed by atoms with Gasteiger partial charge in [0.05, 0.1) is 6.61 Å². The summed E-state index contributed by atoms with van der Waals surface area (Å²) in [6.07, 6.45) is 0. The highest BCUT2D eigenvalue weighted by atomic mass is 79.9. The molecule has 0 aliphatic rings. The molecule has 0 spiro atoms. The largest absolute Gasteiger partial charge is 0.439 e. The molecule has 1 aromatic carbocycles. The lowest BCUT2D eigenvalue weighted by Gasteiger charge is -2.05. The van der Waals surface area contributed by atoms with Gasteiger partial charge in [-0.3, -0.25) is 0 Å². The number of ether oxygens (including phenoxy) is 1. The van der Waals surface area contributed by atoms with Gasteiger partial charge >= 0.3 is 0 Å². The average molecular weight is 280 g/mol. The molecule has 0 fully saturated rings. The molecule has 3 nitrogen and oxygen atoms in total. The smallest absolute Gasteiger partial charge is 0.220 e. The molecule has 4 heteroatoms. The number of rotatable bonds is 3. The number of nitrogens with zero attached hydrogens (tertiary/aromatic N) is 1. The quantitative estimate of drug-likeness (QED) is 0.878. The van der Waals surface area contributed by atoms with E-state index in [1.165, 1.54) is 0 Å². The van der Waals surface area contributed by atoms with Gasteiger partial charge in [0.1, 0.15) is 10.4 Å². The van der Waals surface area contributed by atoms with Crippen molar-refractivity contribution in [1.29, 1.82) is 0 Å². The molecule has 2 rings (SSSR count). The SMILES string of the molecule is OCc1cccc(Oc2cccc(Br)n2)c1. The van der Waals surface area contributed by atoms with Crippen LogP contribution in [-0.2, 0) is 6.61 Å². The zero-order valence-electron chi connectivity index (χ0n) is 8.43. The van der Waals surface area contributed by atoms with Gasteiger partial charge in [-0.25, -0.2) is 4.98 Å². The second kappa shape index (κ2) is 5.09. The maximum absolute atomic E-state index is 8.99. The van der Waals surface area contributed by atoms with E-state index < -0.39 is 0 Å². The van der Waals surface area contributed by atoms with E-state index in [0.29, 0.717) is 11.6 Å². The van der Waals surface area contributed by atoms with Crippen LogP contribution in [0.2, 0.25) is 0 Å². The van der Waals surface area contributed by atoms with Crippen LogP contribution in [0.3, 0.4) is 0 Å².